The molecule has 0 bridgehead atoms. The number of benzene rings is 4. The van der Waals surface area contributed by atoms with Crippen LogP contribution in [0.2, 0.25) is 0 Å². The summed E-state index contributed by atoms with van der Waals surface area (Å²) in [7, 11) is 0. The van der Waals surface area contributed by atoms with E-state index >= 15 is 0 Å². The average molecular weight is 282 g/mol. The molecule has 0 atom stereocenters. The Morgan fingerprint density at radius 3 is 1.86 bits per heavy atom. The maximum absolute atomic E-state index is 2.33. The summed E-state index contributed by atoms with van der Waals surface area (Å²) in [6.45, 7) is 6.94. The quantitative estimate of drug-likeness (QED) is 0.287. The normalized spacial score (nSPS) is 13.2. The zero-order chi connectivity index (χ0) is 15.1. The molecule has 1 aliphatic rings. The maximum Gasteiger partial charge on any atom is -0.00142 e. The van der Waals surface area contributed by atoms with Crippen molar-refractivity contribution < 1.29 is 0 Å². The van der Waals surface area contributed by atoms with Crippen LogP contribution in [0.3, 0.4) is 0 Å². The standard InChI is InChI=1S/C22H18/c1-22(2,3)17-12-11-15-10-9-14-8-7-13-5-4-6-16-18(13)19(14)20(15)21(16)17/h4-12H,1-3H3. The van der Waals surface area contributed by atoms with Gasteiger partial charge in [0, 0.05) is 0 Å². The molecule has 1 aliphatic carbocycles. The highest BCUT2D eigenvalue weighted by atomic mass is 14.3. The topological polar surface area (TPSA) is 0 Å². The van der Waals surface area contributed by atoms with Gasteiger partial charge in [0.2, 0.25) is 0 Å². The van der Waals surface area contributed by atoms with E-state index in [1.54, 1.807) is 0 Å². The molecule has 0 saturated carbocycles. The van der Waals surface area contributed by atoms with Crippen LogP contribution in [0.1, 0.15) is 26.3 Å². The minimum atomic E-state index is 0.149. The van der Waals surface area contributed by atoms with Gasteiger partial charge in [-0.3, -0.25) is 0 Å². The Bertz CT molecular complexity index is 1090. The first-order valence-corrected chi connectivity index (χ1v) is 7.98. The monoisotopic (exact) mass is 282 g/mol. The lowest BCUT2D eigenvalue weighted by molar-refractivity contribution is 0.593. The van der Waals surface area contributed by atoms with E-state index in [-0.39, 0.29) is 5.41 Å². The summed E-state index contributed by atoms with van der Waals surface area (Å²) in [6.07, 6.45) is 0. The van der Waals surface area contributed by atoms with Gasteiger partial charge in [-0.25, -0.2) is 0 Å². The van der Waals surface area contributed by atoms with Crippen molar-refractivity contribution in [2.45, 2.75) is 26.2 Å². The van der Waals surface area contributed by atoms with Crippen molar-refractivity contribution in [2.24, 2.45) is 0 Å². The second kappa shape index (κ2) is 3.70. The van der Waals surface area contributed by atoms with Crippen LogP contribution in [0, 0.1) is 0 Å². The molecule has 0 aliphatic heterocycles. The Hall–Kier alpha value is -2.34. The molecule has 4 aromatic carbocycles. The van der Waals surface area contributed by atoms with Crippen LogP contribution < -0.4 is 0 Å². The first-order chi connectivity index (χ1) is 10.6. The van der Waals surface area contributed by atoms with Crippen molar-refractivity contribution in [3.05, 3.63) is 60.2 Å². The average Bonchev–Trinajstić information content (AvgIpc) is 2.85. The van der Waals surface area contributed by atoms with E-state index < -0.39 is 0 Å². The van der Waals surface area contributed by atoms with Crippen LogP contribution in [-0.2, 0) is 5.41 Å². The second-order valence-electron chi connectivity index (χ2n) is 7.47. The third-order valence-electron chi connectivity index (χ3n) is 5.09. The summed E-state index contributed by atoms with van der Waals surface area (Å²) in [4.78, 5) is 0. The Morgan fingerprint density at radius 2 is 1.18 bits per heavy atom. The molecular formula is C22H18. The number of hydrogen-bond acceptors (Lipinski definition) is 0. The Balaban J connectivity index is 2.16. The lowest BCUT2D eigenvalue weighted by Crippen LogP contribution is -2.12. The number of fused-ring (bicyclic) bond motifs is 1. The smallest absolute Gasteiger partial charge is 0.00142 e. The van der Waals surface area contributed by atoms with Crippen molar-refractivity contribution in [3.8, 4) is 11.1 Å². The first-order valence-electron chi connectivity index (χ1n) is 7.98. The molecule has 0 unspecified atom stereocenters. The zero-order valence-electron chi connectivity index (χ0n) is 13.2. The largest absolute Gasteiger partial charge is 0.0610 e. The maximum atomic E-state index is 2.33. The van der Waals surface area contributed by atoms with Crippen LogP contribution in [-0.4, -0.2) is 0 Å². The Morgan fingerprint density at radius 1 is 0.591 bits per heavy atom. The predicted octanol–water partition coefficient (Wildman–Crippen LogP) is 6.42. The van der Waals surface area contributed by atoms with E-state index in [2.05, 4.69) is 75.4 Å². The van der Waals surface area contributed by atoms with Crippen molar-refractivity contribution >= 4 is 32.3 Å². The summed E-state index contributed by atoms with van der Waals surface area (Å²) >= 11 is 0. The molecule has 4 aromatic rings. The highest BCUT2D eigenvalue weighted by Crippen LogP contribution is 2.50. The summed E-state index contributed by atoms with van der Waals surface area (Å²) in [6, 6.07) is 20.4. The fourth-order valence-electron chi connectivity index (χ4n) is 4.12. The minimum absolute atomic E-state index is 0.149. The first kappa shape index (κ1) is 12.2. The molecule has 5 rings (SSSR count). The van der Waals surface area contributed by atoms with Gasteiger partial charge >= 0.3 is 0 Å². The van der Waals surface area contributed by atoms with Gasteiger partial charge in [0.25, 0.3) is 0 Å². The molecule has 0 heterocycles. The van der Waals surface area contributed by atoms with Gasteiger partial charge in [-0.2, -0.15) is 0 Å². The molecule has 0 aromatic heterocycles. The molecular weight excluding hydrogens is 264 g/mol. The van der Waals surface area contributed by atoms with Gasteiger partial charge in [0.1, 0.15) is 0 Å². The molecule has 106 valence electrons. The summed E-state index contributed by atoms with van der Waals surface area (Å²) < 4.78 is 0. The molecule has 0 nitrogen and oxygen atoms in total. The SMILES string of the molecule is CC(C)(C)c1ccc2ccc3ccc4cccc5c4c3c2c1-5. The molecule has 0 amide bonds. The third kappa shape index (κ3) is 1.33. The van der Waals surface area contributed by atoms with E-state index in [0.717, 1.165) is 0 Å². The van der Waals surface area contributed by atoms with Crippen LogP contribution in [0.25, 0.3) is 43.4 Å². The van der Waals surface area contributed by atoms with Gasteiger partial charge in [0.15, 0.2) is 0 Å². The number of hydrogen-bond donors (Lipinski definition) is 0. The van der Waals surface area contributed by atoms with Crippen molar-refractivity contribution in [3.63, 3.8) is 0 Å². The van der Waals surface area contributed by atoms with E-state index in [4.69, 9.17) is 0 Å². The summed E-state index contributed by atoms with van der Waals surface area (Å²) in [5.74, 6) is 0. The third-order valence-corrected chi connectivity index (χ3v) is 5.09. The molecule has 0 saturated heterocycles. The van der Waals surface area contributed by atoms with Crippen molar-refractivity contribution in [2.75, 3.05) is 0 Å². The van der Waals surface area contributed by atoms with E-state index in [1.165, 1.54) is 49.0 Å². The Kier molecular flexibility index (Phi) is 2.06. The van der Waals surface area contributed by atoms with Gasteiger partial charge in [-0.15, -0.1) is 0 Å². The van der Waals surface area contributed by atoms with Gasteiger partial charge in [-0.1, -0.05) is 75.4 Å². The highest BCUT2D eigenvalue weighted by molar-refractivity contribution is 6.33. The van der Waals surface area contributed by atoms with E-state index in [0.29, 0.717) is 0 Å². The fourth-order valence-corrected chi connectivity index (χ4v) is 4.12. The van der Waals surface area contributed by atoms with Crippen molar-refractivity contribution in [1.29, 1.82) is 0 Å². The molecule has 0 N–H and O–H groups in total. The molecule has 0 fully saturated rings. The highest BCUT2D eigenvalue weighted by Gasteiger charge is 2.27. The number of rotatable bonds is 0. The predicted molar refractivity (Wildman–Crippen MR) is 96.7 cm³/mol. The summed E-state index contributed by atoms with van der Waals surface area (Å²) in [5, 5.41) is 8.42. The van der Waals surface area contributed by atoms with Crippen molar-refractivity contribution in [1.82, 2.24) is 0 Å². The minimum Gasteiger partial charge on any atom is -0.0610 e. The van der Waals surface area contributed by atoms with Gasteiger partial charge < -0.3 is 0 Å². The van der Waals surface area contributed by atoms with Crippen LogP contribution >= 0.6 is 0 Å². The second-order valence-corrected chi connectivity index (χ2v) is 7.47. The molecule has 0 heteroatoms. The van der Waals surface area contributed by atoms with Crippen LogP contribution in [0.15, 0.2) is 54.6 Å². The molecule has 0 spiro atoms. The van der Waals surface area contributed by atoms with Gasteiger partial charge in [-0.05, 0) is 54.4 Å². The van der Waals surface area contributed by atoms with E-state index in [1.807, 2.05) is 0 Å². The van der Waals surface area contributed by atoms with Crippen LogP contribution in [0.4, 0.5) is 0 Å². The molecule has 22 heavy (non-hydrogen) atoms. The van der Waals surface area contributed by atoms with Crippen LogP contribution in [0.5, 0.6) is 0 Å². The van der Waals surface area contributed by atoms with E-state index in [9.17, 15) is 0 Å². The van der Waals surface area contributed by atoms with Gasteiger partial charge in [0.05, 0.1) is 0 Å². The zero-order valence-corrected chi connectivity index (χ0v) is 13.2. The molecule has 0 radical (unpaired) electrons. The Labute approximate surface area is 130 Å². The lowest BCUT2D eigenvalue weighted by atomic mass is 9.81. The fraction of sp³-hybridized carbons (Fsp3) is 0.182. The summed E-state index contributed by atoms with van der Waals surface area (Å²) in [5.41, 5.74) is 4.48. The lowest BCUT2D eigenvalue weighted by Gasteiger charge is -2.23.